The molecule has 0 atom stereocenters. The molecule has 2 heterocycles. The van der Waals surface area contributed by atoms with Crippen LogP contribution in [0.5, 0.6) is 0 Å². The minimum absolute atomic E-state index is 1.02. The third-order valence-electron chi connectivity index (χ3n) is 2.28. The Morgan fingerprint density at radius 1 is 1.53 bits per heavy atom. The quantitative estimate of drug-likeness (QED) is 0.785. The van der Waals surface area contributed by atoms with Gasteiger partial charge in [-0.15, -0.1) is 11.3 Å². The van der Waals surface area contributed by atoms with Gasteiger partial charge in [0, 0.05) is 18.9 Å². The summed E-state index contributed by atoms with van der Waals surface area (Å²) in [6.45, 7) is 2.07. The lowest BCUT2D eigenvalue weighted by Gasteiger charge is -2.05. The lowest BCUT2D eigenvalue weighted by molar-refractivity contribution is 0.617. The van der Waals surface area contributed by atoms with Crippen LogP contribution in [0, 0.1) is 0 Å². The van der Waals surface area contributed by atoms with Gasteiger partial charge in [0.25, 0.3) is 0 Å². The summed E-state index contributed by atoms with van der Waals surface area (Å²) in [5.74, 6) is 1.08. The van der Waals surface area contributed by atoms with Crippen LogP contribution >= 0.6 is 11.3 Å². The Kier molecular flexibility index (Phi) is 3.53. The molecule has 0 aliphatic heterocycles. The van der Waals surface area contributed by atoms with E-state index in [-0.39, 0.29) is 0 Å². The first kappa shape index (κ1) is 10.4. The summed E-state index contributed by atoms with van der Waals surface area (Å²) in [5.41, 5.74) is 0. The average molecular weight is 221 g/mol. The molecule has 0 aliphatic carbocycles. The lowest BCUT2D eigenvalue weighted by Crippen LogP contribution is -2.11. The molecule has 0 fully saturated rings. The number of aromatic nitrogens is 2. The zero-order valence-corrected chi connectivity index (χ0v) is 9.63. The molecule has 0 radical (unpaired) electrons. The topological polar surface area (TPSA) is 29.9 Å². The molecule has 0 aromatic carbocycles. The first-order valence-electron chi connectivity index (χ1n) is 5.11. The zero-order valence-electron chi connectivity index (χ0n) is 8.81. The fourth-order valence-corrected chi connectivity index (χ4v) is 2.28. The first-order chi connectivity index (χ1) is 7.42. The van der Waals surface area contributed by atoms with Crippen molar-refractivity contribution in [3.05, 3.63) is 29.9 Å². The predicted molar refractivity (Wildman–Crippen MR) is 64.1 cm³/mol. The maximum atomic E-state index is 4.39. The van der Waals surface area contributed by atoms with Gasteiger partial charge >= 0.3 is 0 Å². The highest BCUT2D eigenvalue weighted by molar-refractivity contribution is 7.13. The molecular formula is C11H15N3S. The van der Waals surface area contributed by atoms with E-state index in [1.165, 1.54) is 4.88 Å². The molecule has 2 aromatic rings. The number of nitrogens with one attached hydrogen (secondary N) is 1. The van der Waals surface area contributed by atoms with Crippen molar-refractivity contribution in [3.8, 4) is 10.7 Å². The first-order valence-corrected chi connectivity index (χ1v) is 5.99. The summed E-state index contributed by atoms with van der Waals surface area (Å²) in [7, 11) is 1.98. The summed E-state index contributed by atoms with van der Waals surface area (Å²) in [6.07, 6.45) is 5.05. The van der Waals surface area contributed by atoms with Crippen LogP contribution in [0.25, 0.3) is 10.7 Å². The van der Waals surface area contributed by atoms with Crippen molar-refractivity contribution < 1.29 is 0 Å². The molecule has 0 bridgehead atoms. The van der Waals surface area contributed by atoms with Gasteiger partial charge in [-0.3, -0.25) is 0 Å². The number of hydrogen-bond acceptors (Lipinski definition) is 3. The van der Waals surface area contributed by atoms with E-state index in [1.54, 1.807) is 11.3 Å². The van der Waals surface area contributed by atoms with Crippen molar-refractivity contribution >= 4 is 11.3 Å². The van der Waals surface area contributed by atoms with Crippen LogP contribution in [0.2, 0.25) is 0 Å². The van der Waals surface area contributed by atoms with Gasteiger partial charge in [0.05, 0.1) is 4.88 Å². The molecular weight excluding hydrogens is 206 g/mol. The maximum Gasteiger partial charge on any atom is 0.149 e. The van der Waals surface area contributed by atoms with Crippen molar-refractivity contribution in [1.82, 2.24) is 14.9 Å². The van der Waals surface area contributed by atoms with Gasteiger partial charge in [-0.05, 0) is 31.5 Å². The average Bonchev–Trinajstić information content (AvgIpc) is 2.87. The molecule has 0 saturated carbocycles. The summed E-state index contributed by atoms with van der Waals surface area (Å²) >= 11 is 1.74. The Morgan fingerprint density at radius 2 is 2.47 bits per heavy atom. The highest BCUT2D eigenvalue weighted by Crippen LogP contribution is 2.22. The third-order valence-corrected chi connectivity index (χ3v) is 3.15. The SMILES string of the molecule is CNCCCn1ccnc1-c1cccs1. The van der Waals surface area contributed by atoms with Crippen molar-refractivity contribution in [2.75, 3.05) is 13.6 Å². The van der Waals surface area contributed by atoms with Gasteiger partial charge in [0.2, 0.25) is 0 Å². The van der Waals surface area contributed by atoms with Crippen molar-refractivity contribution in [1.29, 1.82) is 0 Å². The summed E-state index contributed by atoms with van der Waals surface area (Å²) in [4.78, 5) is 5.63. The van der Waals surface area contributed by atoms with E-state index in [0.717, 1.165) is 25.3 Å². The number of rotatable bonds is 5. The number of nitrogens with zero attached hydrogens (tertiary/aromatic N) is 2. The van der Waals surface area contributed by atoms with Crippen molar-refractivity contribution in [2.24, 2.45) is 0 Å². The minimum atomic E-state index is 1.02. The molecule has 0 unspecified atom stereocenters. The molecule has 4 heteroatoms. The third kappa shape index (κ3) is 2.46. The van der Waals surface area contributed by atoms with E-state index in [1.807, 2.05) is 19.4 Å². The summed E-state index contributed by atoms with van der Waals surface area (Å²) < 4.78 is 2.21. The van der Waals surface area contributed by atoms with Gasteiger partial charge in [-0.2, -0.15) is 0 Å². The monoisotopic (exact) mass is 221 g/mol. The van der Waals surface area contributed by atoms with Crippen LogP contribution in [0.4, 0.5) is 0 Å². The number of aryl methyl sites for hydroxylation is 1. The van der Waals surface area contributed by atoms with Crippen molar-refractivity contribution in [2.45, 2.75) is 13.0 Å². The highest BCUT2D eigenvalue weighted by atomic mass is 32.1. The van der Waals surface area contributed by atoms with Gasteiger partial charge < -0.3 is 9.88 Å². The predicted octanol–water partition coefficient (Wildman–Crippen LogP) is 2.22. The zero-order chi connectivity index (χ0) is 10.5. The minimum Gasteiger partial charge on any atom is -0.330 e. The fourth-order valence-electron chi connectivity index (χ4n) is 1.55. The van der Waals surface area contributed by atoms with E-state index < -0.39 is 0 Å². The van der Waals surface area contributed by atoms with E-state index in [0.29, 0.717) is 0 Å². The Morgan fingerprint density at radius 3 is 3.20 bits per heavy atom. The lowest BCUT2D eigenvalue weighted by atomic mass is 10.4. The molecule has 15 heavy (non-hydrogen) atoms. The molecule has 2 aromatic heterocycles. The number of thiophene rings is 1. The van der Waals surface area contributed by atoms with Crippen LogP contribution in [0.3, 0.4) is 0 Å². The van der Waals surface area contributed by atoms with Crippen LogP contribution < -0.4 is 5.32 Å². The molecule has 0 aliphatic rings. The number of imidazole rings is 1. The van der Waals surface area contributed by atoms with Crippen LogP contribution in [0.1, 0.15) is 6.42 Å². The molecule has 0 amide bonds. The standard InChI is InChI=1S/C11H15N3S/c1-12-5-3-7-14-8-6-13-11(14)10-4-2-9-15-10/h2,4,6,8-9,12H,3,5,7H2,1H3. The van der Waals surface area contributed by atoms with Gasteiger partial charge in [0.1, 0.15) is 5.82 Å². The summed E-state index contributed by atoms with van der Waals surface area (Å²) in [6, 6.07) is 4.17. The highest BCUT2D eigenvalue weighted by Gasteiger charge is 2.05. The second-order valence-electron chi connectivity index (χ2n) is 3.38. The van der Waals surface area contributed by atoms with Crippen LogP contribution in [-0.4, -0.2) is 23.1 Å². The Bertz CT molecular complexity index is 392. The Labute approximate surface area is 93.8 Å². The van der Waals surface area contributed by atoms with Gasteiger partial charge in [0.15, 0.2) is 0 Å². The van der Waals surface area contributed by atoms with Crippen molar-refractivity contribution in [3.63, 3.8) is 0 Å². The second-order valence-corrected chi connectivity index (χ2v) is 4.33. The van der Waals surface area contributed by atoms with E-state index in [9.17, 15) is 0 Å². The maximum absolute atomic E-state index is 4.39. The molecule has 80 valence electrons. The molecule has 1 N–H and O–H groups in total. The van der Waals surface area contributed by atoms with E-state index in [2.05, 4.69) is 32.4 Å². The smallest absolute Gasteiger partial charge is 0.149 e. The largest absolute Gasteiger partial charge is 0.330 e. The second kappa shape index (κ2) is 5.09. The Hall–Kier alpha value is -1.13. The molecule has 0 spiro atoms. The number of hydrogen-bond donors (Lipinski definition) is 1. The molecule has 0 saturated heterocycles. The fraction of sp³-hybridized carbons (Fsp3) is 0.364. The van der Waals surface area contributed by atoms with Crippen LogP contribution in [-0.2, 0) is 6.54 Å². The normalized spacial score (nSPS) is 10.7. The van der Waals surface area contributed by atoms with Gasteiger partial charge in [-0.1, -0.05) is 6.07 Å². The molecule has 2 rings (SSSR count). The van der Waals surface area contributed by atoms with E-state index in [4.69, 9.17) is 0 Å². The molecule has 3 nitrogen and oxygen atoms in total. The Balaban J connectivity index is 2.09. The van der Waals surface area contributed by atoms with E-state index >= 15 is 0 Å². The summed E-state index contributed by atoms with van der Waals surface area (Å²) in [5, 5.41) is 5.24. The van der Waals surface area contributed by atoms with Gasteiger partial charge in [-0.25, -0.2) is 4.98 Å². The van der Waals surface area contributed by atoms with Crippen LogP contribution in [0.15, 0.2) is 29.9 Å².